The molecule has 2 aromatic rings. The fraction of sp³-hybridized carbons (Fsp3) is 0.548. The van der Waals surface area contributed by atoms with E-state index in [1.165, 1.54) is 0 Å². The molecule has 0 bridgehead atoms. The fourth-order valence-corrected chi connectivity index (χ4v) is 4.83. The molecular weight excluding hydrogens is 526 g/mol. The lowest BCUT2D eigenvalue weighted by molar-refractivity contribution is 0.153. The highest BCUT2D eigenvalue weighted by molar-refractivity contribution is 5.98. The van der Waals surface area contributed by atoms with Gasteiger partial charge in [0.25, 0.3) is 0 Å². The molecule has 11 nitrogen and oxygen atoms in total. The first-order valence-electron chi connectivity index (χ1n) is 15.1. The van der Waals surface area contributed by atoms with Crippen molar-refractivity contribution in [2.75, 3.05) is 110 Å². The third-order valence-corrected chi connectivity index (χ3v) is 7.80. The summed E-state index contributed by atoms with van der Waals surface area (Å²) in [5.41, 5.74) is 21.3. The van der Waals surface area contributed by atoms with Gasteiger partial charge in [0.1, 0.15) is 11.7 Å². The van der Waals surface area contributed by atoms with Crippen molar-refractivity contribution in [3.05, 3.63) is 59.7 Å². The lowest BCUT2D eigenvalue weighted by Crippen LogP contribution is -2.44. The van der Waals surface area contributed by atoms with Gasteiger partial charge in [-0.3, -0.25) is 9.98 Å². The number of nitrogens with two attached hydrogens (primary N) is 4. The van der Waals surface area contributed by atoms with Crippen molar-refractivity contribution in [2.45, 2.75) is 12.8 Å². The number of hydrogen-bond acceptors (Lipinski definition) is 9. The highest BCUT2D eigenvalue weighted by Crippen LogP contribution is 2.11. The van der Waals surface area contributed by atoms with Gasteiger partial charge in [0.05, 0.1) is 5.69 Å². The summed E-state index contributed by atoms with van der Waals surface area (Å²) in [6, 6.07) is 15.3. The van der Waals surface area contributed by atoms with Gasteiger partial charge in [0.2, 0.25) is 0 Å². The Balaban J connectivity index is 0.000000231. The van der Waals surface area contributed by atoms with E-state index in [2.05, 4.69) is 43.7 Å². The minimum absolute atomic E-state index is 0.600. The molecule has 8 N–H and O–H groups in total. The van der Waals surface area contributed by atoms with Crippen LogP contribution in [-0.4, -0.2) is 131 Å². The van der Waals surface area contributed by atoms with Gasteiger partial charge in [-0.2, -0.15) is 0 Å². The smallest absolute Gasteiger partial charge is 0.125 e. The molecule has 0 radical (unpaired) electrons. The zero-order valence-electron chi connectivity index (χ0n) is 26.0. The van der Waals surface area contributed by atoms with E-state index in [0.29, 0.717) is 11.7 Å². The second-order valence-electron chi connectivity index (χ2n) is 11.3. The molecule has 2 heterocycles. The quantitative estimate of drug-likeness (QED) is 0.0764. The number of piperazine rings is 2. The maximum atomic E-state index is 6.04. The van der Waals surface area contributed by atoms with Crippen LogP contribution in [0, 0.1) is 0 Å². The Morgan fingerprint density at radius 1 is 0.667 bits per heavy atom. The Kier molecular flexibility index (Phi) is 14.0. The van der Waals surface area contributed by atoms with Crippen molar-refractivity contribution in [1.29, 1.82) is 0 Å². The molecule has 232 valence electrons. The Morgan fingerprint density at radius 2 is 1.05 bits per heavy atom. The molecular formula is C31H53N11. The van der Waals surface area contributed by atoms with Gasteiger partial charge in [-0.15, -0.1) is 0 Å². The number of hydrogen-bond donors (Lipinski definition) is 4. The number of aliphatic imine (C=N–C) groups is 2. The van der Waals surface area contributed by atoms with E-state index in [1.54, 1.807) is 5.01 Å². The van der Waals surface area contributed by atoms with Crippen LogP contribution < -0.4 is 28.1 Å². The molecule has 0 aromatic heterocycles. The Bertz CT molecular complexity index is 1080. The molecule has 2 fully saturated rings. The van der Waals surface area contributed by atoms with Crippen molar-refractivity contribution in [3.63, 3.8) is 0 Å². The normalized spacial score (nSPS) is 18.0. The summed E-state index contributed by atoms with van der Waals surface area (Å²) in [4.78, 5) is 18.7. The average molecular weight is 580 g/mol. The minimum Gasteiger partial charge on any atom is -0.399 e. The number of nitrogen functional groups attached to an aromatic ring is 1. The number of hydrazine groups is 1. The van der Waals surface area contributed by atoms with Gasteiger partial charge in [-0.1, -0.05) is 0 Å². The molecule has 0 saturated carbocycles. The summed E-state index contributed by atoms with van der Waals surface area (Å²) < 4.78 is 0. The number of likely N-dealkylation sites (N-methyl/N-ethyl adjacent to an activating group) is 2. The van der Waals surface area contributed by atoms with E-state index >= 15 is 0 Å². The van der Waals surface area contributed by atoms with Gasteiger partial charge in [0, 0.05) is 89.3 Å². The van der Waals surface area contributed by atoms with Crippen LogP contribution in [0.1, 0.15) is 24.0 Å². The maximum Gasteiger partial charge on any atom is 0.125 e. The van der Waals surface area contributed by atoms with Gasteiger partial charge in [-0.25, -0.2) is 5.84 Å². The van der Waals surface area contributed by atoms with Crippen LogP contribution in [0.15, 0.2) is 58.5 Å². The number of anilines is 2. The maximum absolute atomic E-state index is 6.04. The molecule has 2 saturated heterocycles. The highest BCUT2D eigenvalue weighted by Gasteiger charge is 2.13. The average Bonchev–Trinajstić information content (AvgIpc) is 3.00. The Labute approximate surface area is 252 Å². The number of amidine groups is 2. The van der Waals surface area contributed by atoms with Crippen LogP contribution in [0.4, 0.5) is 11.4 Å². The molecule has 0 amide bonds. The fourth-order valence-electron chi connectivity index (χ4n) is 4.83. The zero-order chi connectivity index (χ0) is 30.3. The molecule has 2 aliphatic heterocycles. The van der Waals surface area contributed by atoms with Crippen molar-refractivity contribution in [3.8, 4) is 0 Å². The summed E-state index contributed by atoms with van der Waals surface area (Å²) in [5, 5.41) is 1.58. The Morgan fingerprint density at radius 3 is 1.43 bits per heavy atom. The van der Waals surface area contributed by atoms with Gasteiger partial charge in [-0.05, 0) is 88.6 Å². The van der Waals surface area contributed by atoms with Crippen molar-refractivity contribution >= 4 is 23.0 Å². The molecule has 0 aliphatic carbocycles. The van der Waals surface area contributed by atoms with E-state index in [0.717, 1.165) is 114 Å². The molecule has 42 heavy (non-hydrogen) atoms. The predicted octanol–water partition coefficient (Wildman–Crippen LogP) is 0.951. The number of nitrogens with zero attached hydrogens (tertiary/aromatic N) is 7. The minimum atomic E-state index is 0.600. The second-order valence-corrected chi connectivity index (χ2v) is 11.3. The first-order chi connectivity index (χ1) is 20.2. The van der Waals surface area contributed by atoms with Crippen LogP contribution in [-0.2, 0) is 0 Å². The van der Waals surface area contributed by atoms with Crippen molar-refractivity contribution < 1.29 is 0 Å². The first kappa shape index (κ1) is 33.3. The molecule has 0 atom stereocenters. The number of rotatable bonds is 11. The van der Waals surface area contributed by atoms with Gasteiger partial charge < -0.3 is 41.8 Å². The molecule has 2 aliphatic rings. The molecule has 0 spiro atoms. The topological polar surface area (TPSA) is 145 Å². The molecule has 0 unspecified atom stereocenters. The molecule has 11 heteroatoms. The zero-order valence-corrected chi connectivity index (χ0v) is 26.0. The lowest BCUT2D eigenvalue weighted by atomic mass is 10.2. The van der Waals surface area contributed by atoms with Gasteiger partial charge >= 0.3 is 0 Å². The van der Waals surface area contributed by atoms with Crippen LogP contribution in [0.3, 0.4) is 0 Å². The lowest BCUT2D eigenvalue weighted by Gasteiger charge is -2.32. The summed E-state index contributed by atoms with van der Waals surface area (Å²) in [6.45, 7) is 13.0. The van der Waals surface area contributed by atoms with Crippen LogP contribution >= 0.6 is 0 Å². The van der Waals surface area contributed by atoms with E-state index in [4.69, 9.17) is 23.0 Å². The van der Waals surface area contributed by atoms with Gasteiger partial charge in [0.15, 0.2) is 0 Å². The SMILES string of the molecule is CN1CCN(CCCN=C(N)c2ccc(N(C)N)cc2)CC1.CN1CCN(CCCN=C(N)c2ccc(N)cc2)CC1. The predicted molar refractivity (Wildman–Crippen MR) is 178 cm³/mol. The van der Waals surface area contributed by atoms with Crippen LogP contribution in [0.5, 0.6) is 0 Å². The second kappa shape index (κ2) is 17.7. The molecule has 2 aromatic carbocycles. The Hall–Kier alpha value is -3.22. The summed E-state index contributed by atoms with van der Waals surface area (Å²) in [7, 11) is 6.16. The van der Waals surface area contributed by atoms with Crippen LogP contribution in [0.2, 0.25) is 0 Å². The summed E-state index contributed by atoms with van der Waals surface area (Å²) in [5.74, 6) is 6.88. The summed E-state index contributed by atoms with van der Waals surface area (Å²) >= 11 is 0. The summed E-state index contributed by atoms with van der Waals surface area (Å²) in [6.07, 6.45) is 2.10. The molecule has 4 rings (SSSR count). The van der Waals surface area contributed by atoms with E-state index in [9.17, 15) is 0 Å². The standard InChI is InChI=1S/C16H28N6.C15H25N5/c1-20-10-12-22(13-11-20)9-3-8-19-16(17)14-4-6-15(7-5-14)21(2)18;1-19-9-11-20(12-10-19)8-2-7-18-15(17)13-3-5-14(16)6-4-13/h4-7H,3,8-13,18H2,1-2H3,(H2,17,19);3-6H,2,7-12,16H2,1H3,(H2,17,18). The monoisotopic (exact) mass is 579 g/mol. The van der Waals surface area contributed by atoms with E-state index < -0.39 is 0 Å². The highest BCUT2D eigenvalue weighted by atomic mass is 15.4. The third-order valence-electron chi connectivity index (χ3n) is 7.80. The first-order valence-corrected chi connectivity index (χ1v) is 15.1. The largest absolute Gasteiger partial charge is 0.399 e. The van der Waals surface area contributed by atoms with Crippen molar-refractivity contribution in [1.82, 2.24) is 19.6 Å². The van der Waals surface area contributed by atoms with E-state index in [-0.39, 0.29) is 0 Å². The van der Waals surface area contributed by atoms with E-state index in [1.807, 2.05) is 55.6 Å². The van der Waals surface area contributed by atoms with Crippen molar-refractivity contribution in [2.24, 2.45) is 27.3 Å². The number of benzene rings is 2. The third kappa shape index (κ3) is 11.9. The van der Waals surface area contributed by atoms with Crippen LogP contribution in [0.25, 0.3) is 0 Å².